The Hall–Kier alpha value is -0.500. The standard InChI is InChI=1S/C18H36N2/c1-6-7-16(4)8-9-18-10-12-20(13-11-18)14-17(5)19-15(2)3/h15-16,18-19H,5-14H2,1-4H3. The zero-order chi connectivity index (χ0) is 15.0. The Morgan fingerprint density at radius 3 is 2.40 bits per heavy atom. The van der Waals surface area contributed by atoms with Gasteiger partial charge >= 0.3 is 0 Å². The van der Waals surface area contributed by atoms with E-state index in [4.69, 9.17) is 0 Å². The number of nitrogens with zero attached hydrogens (tertiary/aromatic N) is 1. The number of hydrogen-bond acceptors (Lipinski definition) is 2. The Labute approximate surface area is 127 Å². The molecule has 0 aliphatic carbocycles. The van der Waals surface area contributed by atoms with E-state index in [9.17, 15) is 0 Å². The molecule has 2 heteroatoms. The minimum atomic E-state index is 0.500. The van der Waals surface area contributed by atoms with Gasteiger partial charge in [0.25, 0.3) is 0 Å². The lowest BCUT2D eigenvalue weighted by atomic mass is 9.88. The lowest BCUT2D eigenvalue weighted by molar-refractivity contribution is 0.182. The molecule has 1 fully saturated rings. The minimum absolute atomic E-state index is 0.500. The van der Waals surface area contributed by atoms with Gasteiger partial charge in [0, 0.05) is 18.3 Å². The van der Waals surface area contributed by atoms with Gasteiger partial charge in [-0.3, -0.25) is 4.90 Å². The fourth-order valence-electron chi connectivity index (χ4n) is 3.31. The highest BCUT2D eigenvalue weighted by molar-refractivity contribution is 4.96. The Morgan fingerprint density at radius 2 is 1.85 bits per heavy atom. The summed E-state index contributed by atoms with van der Waals surface area (Å²) in [5.41, 5.74) is 1.18. The summed E-state index contributed by atoms with van der Waals surface area (Å²) in [6.45, 7) is 16.7. The van der Waals surface area contributed by atoms with Gasteiger partial charge in [0.15, 0.2) is 0 Å². The third-order valence-electron chi connectivity index (χ3n) is 4.46. The molecule has 1 N–H and O–H groups in total. The molecule has 118 valence electrons. The van der Waals surface area contributed by atoms with E-state index in [1.807, 2.05) is 0 Å². The molecule has 0 bridgehead atoms. The highest BCUT2D eigenvalue weighted by Gasteiger charge is 2.19. The molecule has 0 spiro atoms. The highest BCUT2D eigenvalue weighted by atomic mass is 15.1. The smallest absolute Gasteiger partial charge is 0.0375 e. The predicted molar refractivity (Wildman–Crippen MR) is 89.9 cm³/mol. The first-order chi connectivity index (χ1) is 9.51. The summed E-state index contributed by atoms with van der Waals surface area (Å²) in [6.07, 6.45) is 8.38. The maximum absolute atomic E-state index is 4.14. The van der Waals surface area contributed by atoms with Crippen LogP contribution in [-0.4, -0.2) is 30.6 Å². The number of piperidine rings is 1. The summed E-state index contributed by atoms with van der Waals surface area (Å²) < 4.78 is 0. The van der Waals surface area contributed by atoms with E-state index in [2.05, 4.69) is 44.5 Å². The van der Waals surface area contributed by atoms with E-state index in [0.717, 1.165) is 18.4 Å². The summed E-state index contributed by atoms with van der Waals surface area (Å²) in [5.74, 6) is 1.89. The molecule has 0 aromatic rings. The van der Waals surface area contributed by atoms with Gasteiger partial charge in [0.1, 0.15) is 0 Å². The van der Waals surface area contributed by atoms with Crippen molar-refractivity contribution in [2.75, 3.05) is 19.6 Å². The molecular formula is C18H36N2. The third kappa shape index (κ3) is 7.33. The van der Waals surface area contributed by atoms with E-state index < -0.39 is 0 Å². The van der Waals surface area contributed by atoms with Crippen LogP contribution in [-0.2, 0) is 0 Å². The maximum Gasteiger partial charge on any atom is 0.0375 e. The summed E-state index contributed by atoms with van der Waals surface area (Å²) in [4.78, 5) is 2.56. The Bertz CT molecular complexity index is 265. The molecule has 2 nitrogen and oxygen atoms in total. The summed E-state index contributed by atoms with van der Waals surface area (Å²) >= 11 is 0. The Balaban J connectivity index is 2.15. The van der Waals surface area contributed by atoms with Crippen molar-refractivity contribution in [3.05, 3.63) is 12.3 Å². The molecule has 1 heterocycles. The average Bonchev–Trinajstić information content (AvgIpc) is 2.37. The molecule has 1 rings (SSSR count). The van der Waals surface area contributed by atoms with Crippen molar-refractivity contribution in [3.63, 3.8) is 0 Å². The summed E-state index contributed by atoms with van der Waals surface area (Å²) in [5, 5.41) is 3.42. The van der Waals surface area contributed by atoms with E-state index in [1.165, 1.54) is 57.3 Å². The number of rotatable bonds is 9. The molecule has 20 heavy (non-hydrogen) atoms. The highest BCUT2D eigenvalue weighted by Crippen LogP contribution is 2.25. The van der Waals surface area contributed by atoms with Crippen LogP contribution in [0.25, 0.3) is 0 Å². The minimum Gasteiger partial charge on any atom is -0.386 e. The SMILES string of the molecule is C=C(CN1CCC(CCC(C)CCC)CC1)NC(C)C. The first-order valence-corrected chi connectivity index (χ1v) is 8.67. The second kappa shape index (κ2) is 9.44. The predicted octanol–water partition coefficient (Wildman–Crippen LogP) is 4.43. The zero-order valence-corrected chi connectivity index (χ0v) is 14.3. The topological polar surface area (TPSA) is 15.3 Å². The van der Waals surface area contributed by atoms with Gasteiger partial charge in [-0.15, -0.1) is 0 Å². The van der Waals surface area contributed by atoms with E-state index >= 15 is 0 Å². The fraction of sp³-hybridized carbons (Fsp3) is 0.889. The molecule has 0 aromatic heterocycles. The van der Waals surface area contributed by atoms with Crippen LogP contribution in [0.1, 0.15) is 66.2 Å². The van der Waals surface area contributed by atoms with E-state index in [-0.39, 0.29) is 0 Å². The normalized spacial score (nSPS) is 19.2. The van der Waals surface area contributed by atoms with Crippen LogP contribution in [0.3, 0.4) is 0 Å². The Morgan fingerprint density at radius 1 is 1.20 bits per heavy atom. The van der Waals surface area contributed by atoms with Gasteiger partial charge in [0.05, 0.1) is 0 Å². The second-order valence-corrected chi connectivity index (χ2v) is 7.09. The first-order valence-electron chi connectivity index (χ1n) is 8.67. The van der Waals surface area contributed by atoms with Crippen LogP contribution >= 0.6 is 0 Å². The molecule has 1 atom stereocenters. The van der Waals surface area contributed by atoms with Crippen molar-refractivity contribution >= 4 is 0 Å². The van der Waals surface area contributed by atoms with Crippen LogP contribution in [0.2, 0.25) is 0 Å². The van der Waals surface area contributed by atoms with Gasteiger partial charge in [-0.25, -0.2) is 0 Å². The molecule has 0 radical (unpaired) electrons. The third-order valence-corrected chi connectivity index (χ3v) is 4.46. The fourth-order valence-corrected chi connectivity index (χ4v) is 3.31. The zero-order valence-electron chi connectivity index (χ0n) is 14.3. The van der Waals surface area contributed by atoms with Gasteiger partial charge in [-0.2, -0.15) is 0 Å². The van der Waals surface area contributed by atoms with Gasteiger partial charge < -0.3 is 5.32 Å². The van der Waals surface area contributed by atoms with Crippen molar-refractivity contribution < 1.29 is 0 Å². The monoisotopic (exact) mass is 280 g/mol. The number of nitrogens with one attached hydrogen (secondary N) is 1. The van der Waals surface area contributed by atoms with Crippen molar-refractivity contribution in [1.82, 2.24) is 10.2 Å². The molecule has 1 unspecified atom stereocenters. The van der Waals surface area contributed by atoms with Crippen LogP contribution < -0.4 is 5.32 Å². The lowest BCUT2D eigenvalue weighted by Crippen LogP contribution is -2.38. The maximum atomic E-state index is 4.14. The molecular weight excluding hydrogens is 244 g/mol. The number of likely N-dealkylation sites (tertiary alicyclic amines) is 1. The quantitative estimate of drug-likeness (QED) is 0.672. The van der Waals surface area contributed by atoms with Crippen molar-refractivity contribution in [1.29, 1.82) is 0 Å². The number of hydrogen-bond donors (Lipinski definition) is 1. The first kappa shape index (κ1) is 17.6. The molecule has 0 saturated carbocycles. The summed E-state index contributed by atoms with van der Waals surface area (Å²) in [6, 6.07) is 0.500. The second-order valence-electron chi connectivity index (χ2n) is 7.09. The van der Waals surface area contributed by atoms with Gasteiger partial charge in [-0.1, -0.05) is 46.1 Å². The Kier molecular flexibility index (Phi) is 8.28. The van der Waals surface area contributed by atoms with Crippen LogP contribution in [0, 0.1) is 11.8 Å². The van der Waals surface area contributed by atoms with Gasteiger partial charge in [-0.05, 0) is 51.6 Å². The molecule has 1 saturated heterocycles. The van der Waals surface area contributed by atoms with Crippen LogP contribution in [0.15, 0.2) is 12.3 Å². The van der Waals surface area contributed by atoms with Crippen molar-refractivity contribution in [2.24, 2.45) is 11.8 Å². The average molecular weight is 280 g/mol. The van der Waals surface area contributed by atoms with E-state index in [1.54, 1.807) is 0 Å². The van der Waals surface area contributed by atoms with Crippen molar-refractivity contribution in [2.45, 2.75) is 72.3 Å². The van der Waals surface area contributed by atoms with Crippen LogP contribution in [0.4, 0.5) is 0 Å². The molecule has 1 aliphatic heterocycles. The largest absolute Gasteiger partial charge is 0.386 e. The molecule has 0 amide bonds. The lowest BCUT2D eigenvalue weighted by Gasteiger charge is -2.33. The summed E-state index contributed by atoms with van der Waals surface area (Å²) in [7, 11) is 0. The molecule has 1 aliphatic rings. The van der Waals surface area contributed by atoms with Crippen LogP contribution in [0.5, 0.6) is 0 Å². The van der Waals surface area contributed by atoms with E-state index in [0.29, 0.717) is 6.04 Å². The molecule has 0 aromatic carbocycles. The van der Waals surface area contributed by atoms with Gasteiger partial charge in [0.2, 0.25) is 0 Å². The van der Waals surface area contributed by atoms with Crippen molar-refractivity contribution in [3.8, 4) is 0 Å².